The Hall–Kier alpha value is 0.140. The molecule has 0 aliphatic heterocycles. The highest BCUT2D eigenvalue weighted by molar-refractivity contribution is 9.13. The number of fused-ring (bicyclic) bond motifs is 1. The predicted molar refractivity (Wildman–Crippen MR) is 57.1 cm³/mol. The van der Waals surface area contributed by atoms with Crippen LogP contribution in [0.2, 0.25) is 0 Å². The Bertz CT molecular complexity index is 323. The van der Waals surface area contributed by atoms with E-state index < -0.39 is 0 Å². The van der Waals surface area contributed by atoms with E-state index in [0.29, 0.717) is 0 Å². The van der Waals surface area contributed by atoms with Crippen LogP contribution in [0.25, 0.3) is 0 Å². The van der Waals surface area contributed by atoms with Crippen molar-refractivity contribution in [3.05, 3.63) is 32.2 Å². The molecule has 0 spiro atoms. The molecule has 1 aliphatic carbocycles. The molecule has 0 heterocycles. The summed E-state index contributed by atoms with van der Waals surface area (Å²) in [6.07, 6.45) is 2.17. The number of halogens is 2. The Balaban J connectivity index is 2.60. The zero-order valence-corrected chi connectivity index (χ0v) is 9.65. The van der Waals surface area contributed by atoms with Gasteiger partial charge < -0.3 is 5.73 Å². The maximum Gasteiger partial charge on any atom is 0.0352 e. The minimum Gasteiger partial charge on any atom is -0.324 e. The van der Waals surface area contributed by atoms with Gasteiger partial charge in [-0.15, -0.1) is 0 Å². The molecule has 0 fully saturated rings. The van der Waals surface area contributed by atoms with Crippen molar-refractivity contribution in [3.8, 4) is 0 Å². The van der Waals surface area contributed by atoms with Crippen molar-refractivity contribution in [2.24, 2.45) is 5.73 Å². The minimum atomic E-state index is 0.240. The molecule has 2 rings (SSSR count). The summed E-state index contributed by atoms with van der Waals surface area (Å²) in [5.41, 5.74) is 8.60. The van der Waals surface area contributed by atoms with Crippen LogP contribution >= 0.6 is 31.9 Å². The maximum absolute atomic E-state index is 5.93. The Morgan fingerprint density at radius 3 is 2.83 bits per heavy atom. The topological polar surface area (TPSA) is 26.0 Å². The number of nitrogens with two attached hydrogens (primary N) is 1. The van der Waals surface area contributed by atoms with Crippen LogP contribution < -0.4 is 5.73 Å². The summed E-state index contributed by atoms with van der Waals surface area (Å²) in [6.45, 7) is 0. The van der Waals surface area contributed by atoms with Crippen molar-refractivity contribution in [2.45, 2.75) is 18.9 Å². The van der Waals surface area contributed by atoms with Gasteiger partial charge in [-0.25, -0.2) is 0 Å². The lowest BCUT2D eigenvalue weighted by Crippen LogP contribution is -2.04. The smallest absolute Gasteiger partial charge is 0.0352 e. The van der Waals surface area contributed by atoms with E-state index in [1.165, 1.54) is 15.6 Å². The van der Waals surface area contributed by atoms with E-state index in [2.05, 4.69) is 37.9 Å². The number of hydrogen-bond acceptors (Lipinski definition) is 1. The second kappa shape index (κ2) is 3.13. The molecular formula is C9H9Br2N. The van der Waals surface area contributed by atoms with Gasteiger partial charge in [-0.05, 0) is 61.9 Å². The summed E-state index contributed by atoms with van der Waals surface area (Å²) >= 11 is 7.04. The van der Waals surface area contributed by atoms with Crippen molar-refractivity contribution < 1.29 is 0 Å². The zero-order valence-electron chi connectivity index (χ0n) is 6.48. The van der Waals surface area contributed by atoms with Crippen LogP contribution in [0.4, 0.5) is 0 Å². The minimum absolute atomic E-state index is 0.240. The Kier molecular flexibility index (Phi) is 2.27. The maximum atomic E-state index is 5.93. The number of benzene rings is 1. The molecule has 12 heavy (non-hydrogen) atoms. The quantitative estimate of drug-likeness (QED) is 0.780. The van der Waals surface area contributed by atoms with Gasteiger partial charge in [0.25, 0.3) is 0 Å². The first kappa shape index (κ1) is 8.73. The fourth-order valence-corrected chi connectivity index (χ4v) is 2.60. The average molecular weight is 291 g/mol. The zero-order chi connectivity index (χ0) is 8.72. The van der Waals surface area contributed by atoms with Crippen molar-refractivity contribution >= 4 is 31.9 Å². The van der Waals surface area contributed by atoms with Crippen molar-refractivity contribution in [3.63, 3.8) is 0 Å². The highest BCUT2D eigenvalue weighted by Gasteiger charge is 2.21. The largest absolute Gasteiger partial charge is 0.324 e. The van der Waals surface area contributed by atoms with E-state index in [1.807, 2.05) is 6.07 Å². The first-order chi connectivity index (χ1) is 5.70. The van der Waals surface area contributed by atoms with Crippen LogP contribution in [0.3, 0.4) is 0 Å². The van der Waals surface area contributed by atoms with Crippen molar-refractivity contribution in [1.29, 1.82) is 0 Å². The van der Waals surface area contributed by atoms with E-state index in [-0.39, 0.29) is 6.04 Å². The molecule has 3 heteroatoms. The summed E-state index contributed by atoms with van der Waals surface area (Å²) in [7, 11) is 0. The third kappa shape index (κ3) is 1.24. The molecule has 1 nitrogen and oxygen atoms in total. The first-order valence-electron chi connectivity index (χ1n) is 3.92. The molecule has 0 unspecified atom stereocenters. The van der Waals surface area contributed by atoms with Crippen LogP contribution in [-0.2, 0) is 6.42 Å². The van der Waals surface area contributed by atoms with Gasteiger partial charge in [-0.3, -0.25) is 0 Å². The lowest BCUT2D eigenvalue weighted by molar-refractivity contribution is 0.713. The van der Waals surface area contributed by atoms with Gasteiger partial charge in [-0.1, -0.05) is 6.07 Å². The third-order valence-electron chi connectivity index (χ3n) is 2.34. The Morgan fingerprint density at radius 2 is 2.08 bits per heavy atom. The van der Waals surface area contributed by atoms with Crippen LogP contribution in [0.5, 0.6) is 0 Å². The molecule has 1 aromatic carbocycles. The van der Waals surface area contributed by atoms with E-state index in [9.17, 15) is 0 Å². The molecule has 0 bridgehead atoms. The summed E-state index contributed by atoms with van der Waals surface area (Å²) in [4.78, 5) is 0. The second-order valence-corrected chi connectivity index (χ2v) is 4.72. The number of hydrogen-bond donors (Lipinski definition) is 1. The molecule has 0 saturated heterocycles. The monoisotopic (exact) mass is 289 g/mol. The molecule has 0 aromatic heterocycles. The standard InChI is InChI=1S/C9H9Br2N/c10-7-3-1-5-6(9(7)11)2-4-8(5)12/h1,3,8H,2,4,12H2/t8-/m0/s1. The van der Waals surface area contributed by atoms with Gasteiger partial charge in [0.15, 0.2) is 0 Å². The second-order valence-electron chi connectivity index (χ2n) is 3.07. The molecule has 64 valence electrons. The van der Waals surface area contributed by atoms with E-state index in [1.54, 1.807) is 0 Å². The molecule has 0 radical (unpaired) electrons. The van der Waals surface area contributed by atoms with Crippen LogP contribution in [0.15, 0.2) is 21.1 Å². The molecule has 0 amide bonds. The van der Waals surface area contributed by atoms with Gasteiger partial charge in [0.05, 0.1) is 0 Å². The van der Waals surface area contributed by atoms with Gasteiger partial charge in [0, 0.05) is 15.0 Å². The summed E-state index contributed by atoms with van der Waals surface area (Å²) in [6, 6.07) is 4.40. The Labute approximate surface area is 88.6 Å². The lowest BCUT2D eigenvalue weighted by Gasteiger charge is -2.06. The molecule has 1 atom stereocenters. The van der Waals surface area contributed by atoms with Crippen molar-refractivity contribution in [2.75, 3.05) is 0 Å². The summed E-state index contributed by atoms with van der Waals surface area (Å²) < 4.78 is 2.29. The summed E-state index contributed by atoms with van der Waals surface area (Å²) in [5.74, 6) is 0. The van der Waals surface area contributed by atoms with Gasteiger partial charge >= 0.3 is 0 Å². The fraction of sp³-hybridized carbons (Fsp3) is 0.333. The molecule has 0 saturated carbocycles. The molecular weight excluding hydrogens is 282 g/mol. The Morgan fingerprint density at radius 1 is 1.33 bits per heavy atom. The van der Waals surface area contributed by atoms with Gasteiger partial charge in [0.2, 0.25) is 0 Å². The highest BCUT2D eigenvalue weighted by atomic mass is 79.9. The van der Waals surface area contributed by atoms with E-state index in [0.717, 1.165) is 17.3 Å². The lowest BCUT2D eigenvalue weighted by atomic mass is 10.1. The van der Waals surface area contributed by atoms with Gasteiger partial charge in [-0.2, -0.15) is 0 Å². The number of rotatable bonds is 0. The van der Waals surface area contributed by atoms with Crippen LogP contribution in [0, 0.1) is 0 Å². The predicted octanol–water partition coefficient (Wildman–Crippen LogP) is 3.16. The molecule has 2 N–H and O–H groups in total. The third-order valence-corrected chi connectivity index (χ3v) is 4.44. The molecule has 1 aromatic rings. The van der Waals surface area contributed by atoms with Crippen molar-refractivity contribution in [1.82, 2.24) is 0 Å². The summed E-state index contributed by atoms with van der Waals surface area (Å²) in [5, 5.41) is 0. The fourth-order valence-electron chi connectivity index (χ4n) is 1.66. The van der Waals surface area contributed by atoms with Crippen LogP contribution in [-0.4, -0.2) is 0 Å². The van der Waals surface area contributed by atoms with Gasteiger partial charge in [0.1, 0.15) is 0 Å². The highest BCUT2D eigenvalue weighted by Crippen LogP contribution is 2.38. The normalized spacial score (nSPS) is 21.1. The van der Waals surface area contributed by atoms with E-state index >= 15 is 0 Å². The average Bonchev–Trinajstić information content (AvgIpc) is 2.41. The molecule has 1 aliphatic rings. The SMILES string of the molecule is N[C@H]1CCc2c1ccc(Br)c2Br. The van der Waals surface area contributed by atoms with E-state index in [4.69, 9.17) is 5.73 Å². The first-order valence-corrected chi connectivity index (χ1v) is 5.51. The van der Waals surface area contributed by atoms with Crippen LogP contribution in [0.1, 0.15) is 23.6 Å².